The Labute approximate surface area is 164 Å². The van der Waals surface area contributed by atoms with Gasteiger partial charge in [0.05, 0.1) is 5.69 Å². The maximum absolute atomic E-state index is 12.7. The van der Waals surface area contributed by atoms with Crippen LogP contribution in [0.3, 0.4) is 0 Å². The molecule has 0 bridgehead atoms. The normalized spacial score (nSPS) is 10.8. The molecular formula is C20H12Cl2N2OS. The van der Waals surface area contributed by atoms with E-state index in [1.807, 2.05) is 60.0 Å². The van der Waals surface area contributed by atoms with Crippen LogP contribution in [-0.4, -0.2) is 10.9 Å². The zero-order valence-electron chi connectivity index (χ0n) is 13.4. The van der Waals surface area contributed by atoms with Gasteiger partial charge in [0.25, 0.3) is 5.91 Å². The lowest BCUT2D eigenvalue weighted by molar-refractivity contribution is 0.102. The van der Waals surface area contributed by atoms with Crippen LogP contribution >= 0.6 is 34.5 Å². The van der Waals surface area contributed by atoms with Crippen molar-refractivity contribution in [3.63, 3.8) is 0 Å². The summed E-state index contributed by atoms with van der Waals surface area (Å²) in [6.45, 7) is 0. The maximum atomic E-state index is 12.7. The van der Waals surface area contributed by atoms with Crippen LogP contribution in [0.15, 0.2) is 66.0 Å². The first-order valence-electron chi connectivity index (χ1n) is 7.82. The van der Waals surface area contributed by atoms with Crippen molar-refractivity contribution in [3.05, 3.63) is 81.7 Å². The third-order valence-electron chi connectivity index (χ3n) is 3.98. The molecule has 0 saturated carbocycles. The van der Waals surface area contributed by atoms with Gasteiger partial charge in [-0.1, -0.05) is 59.6 Å². The van der Waals surface area contributed by atoms with Crippen LogP contribution in [0.4, 0.5) is 5.13 Å². The minimum absolute atomic E-state index is 0.213. The van der Waals surface area contributed by atoms with Crippen LogP contribution < -0.4 is 5.32 Å². The number of fused-ring (bicyclic) bond motifs is 1. The second-order valence-electron chi connectivity index (χ2n) is 5.64. The molecule has 6 heteroatoms. The van der Waals surface area contributed by atoms with Crippen LogP contribution in [-0.2, 0) is 0 Å². The Kier molecular flexibility index (Phi) is 4.64. The smallest absolute Gasteiger partial charge is 0.258 e. The van der Waals surface area contributed by atoms with E-state index < -0.39 is 0 Å². The molecule has 0 radical (unpaired) electrons. The van der Waals surface area contributed by atoms with Crippen molar-refractivity contribution in [3.8, 4) is 11.3 Å². The highest BCUT2D eigenvalue weighted by Crippen LogP contribution is 2.28. The topological polar surface area (TPSA) is 42.0 Å². The second-order valence-corrected chi connectivity index (χ2v) is 7.34. The number of carbonyl (C=O) groups excluding carboxylic acids is 1. The number of carbonyl (C=O) groups is 1. The molecule has 0 spiro atoms. The van der Waals surface area contributed by atoms with Crippen molar-refractivity contribution in [2.24, 2.45) is 0 Å². The molecule has 128 valence electrons. The predicted molar refractivity (Wildman–Crippen MR) is 109 cm³/mol. The quantitative estimate of drug-likeness (QED) is 0.426. The third kappa shape index (κ3) is 3.31. The first-order valence-corrected chi connectivity index (χ1v) is 9.45. The Balaban J connectivity index is 1.62. The molecule has 3 nitrogen and oxygen atoms in total. The fourth-order valence-corrected chi connectivity index (χ4v) is 3.80. The Bertz CT molecular complexity index is 1110. The highest BCUT2D eigenvalue weighted by atomic mass is 35.5. The van der Waals surface area contributed by atoms with E-state index in [1.54, 1.807) is 6.07 Å². The van der Waals surface area contributed by atoms with Gasteiger partial charge in [-0.3, -0.25) is 10.1 Å². The van der Waals surface area contributed by atoms with Crippen molar-refractivity contribution >= 4 is 56.3 Å². The average Bonchev–Trinajstić information content (AvgIpc) is 3.10. The highest BCUT2D eigenvalue weighted by molar-refractivity contribution is 7.14. The third-order valence-corrected chi connectivity index (χ3v) is 5.32. The zero-order chi connectivity index (χ0) is 18.1. The van der Waals surface area contributed by atoms with Crippen LogP contribution in [0.25, 0.3) is 22.0 Å². The summed E-state index contributed by atoms with van der Waals surface area (Å²) < 4.78 is 0. The van der Waals surface area contributed by atoms with Gasteiger partial charge in [-0.25, -0.2) is 4.98 Å². The number of nitrogens with one attached hydrogen (secondary N) is 1. The predicted octanol–water partition coefficient (Wildman–Crippen LogP) is 6.52. The number of nitrogens with zero attached hydrogens (tertiary/aromatic N) is 1. The number of benzene rings is 3. The molecule has 0 atom stereocenters. The van der Waals surface area contributed by atoms with Gasteiger partial charge in [0.2, 0.25) is 0 Å². The van der Waals surface area contributed by atoms with Crippen molar-refractivity contribution < 1.29 is 4.79 Å². The number of thiazole rings is 1. The Morgan fingerprint density at radius 1 is 0.923 bits per heavy atom. The van der Waals surface area contributed by atoms with Crippen LogP contribution in [0.5, 0.6) is 0 Å². The van der Waals surface area contributed by atoms with E-state index in [9.17, 15) is 4.79 Å². The molecule has 0 fully saturated rings. The second kappa shape index (κ2) is 7.08. The Hall–Kier alpha value is -2.40. The Morgan fingerprint density at radius 2 is 1.65 bits per heavy atom. The lowest BCUT2D eigenvalue weighted by atomic mass is 10.0. The van der Waals surface area contributed by atoms with Gasteiger partial charge < -0.3 is 0 Å². The summed E-state index contributed by atoms with van der Waals surface area (Å²) in [5.41, 5.74) is 2.30. The average molecular weight is 399 g/mol. The number of rotatable bonds is 3. The van der Waals surface area contributed by atoms with Gasteiger partial charge in [-0.15, -0.1) is 11.3 Å². The summed E-state index contributed by atoms with van der Waals surface area (Å²) in [6.07, 6.45) is 0. The summed E-state index contributed by atoms with van der Waals surface area (Å²) in [4.78, 5) is 17.2. The molecule has 1 N–H and O–H groups in total. The minimum Gasteiger partial charge on any atom is -0.298 e. The van der Waals surface area contributed by atoms with E-state index in [0.717, 1.165) is 22.0 Å². The SMILES string of the molecule is O=C(Nc1nc(-c2ccc(Cl)cc2)cs1)c1cccc2c(Cl)cccc12. The van der Waals surface area contributed by atoms with E-state index in [0.29, 0.717) is 20.7 Å². The fourth-order valence-electron chi connectivity index (χ4n) is 2.72. The lowest BCUT2D eigenvalue weighted by Gasteiger charge is -2.07. The summed E-state index contributed by atoms with van der Waals surface area (Å²) in [5, 5.41) is 8.27. The van der Waals surface area contributed by atoms with E-state index in [-0.39, 0.29) is 5.91 Å². The summed E-state index contributed by atoms with van der Waals surface area (Å²) in [7, 11) is 0. The molecule has 4 aromatic rings. The van der Waals surface area contributed by atoms with Crippen LogP contribution in [0, 0.1) is 0 Å². The lowest BCUT2D eigenvalue weighted by Crippen LogP contribution is -2.12. The summed E-state index contributed by atoms with van der Waals surface area (Å²) in [5.74, 6) is -0.213. The van der Waals surface area contributed by atoms with Crippen molar-refractivity contribution in [1.29, 1.82) is 0 Å². The van der Waals surface area contributed by atoms with Gasteiger partial charge in [0.15, 0.2) is 5.13 Å². The minimum atomic E-state index is -0.213. The Morgan fingerprint density at radius 3 is 2.46 bits per heavy atom. The highest BCUT2D eigenvalue weighted by Gasteiger charge is 2.13. The van der Waals surface area contributed by atoms with Gasteiger partial charge in [-0.05, 0) is 29.7 Å². The van der Waals surface area contributed by atoms with E-state index in [4.69, 9.17) is 23.2 Å². The number of halogens is 2. The van der Waals surface area contributed by atoms with Crippen LogP contribution in [0.1, 0.15) is 10.4 Å². The summed E-state index contributed by atoms with van der Waals surface area (Å²) in [6, 6.07) is 18.5. The molecule has 26 heavy (non-hydrogen) atoms. The first kappa shape index (κ1) is 17.0. The standard InChI is InChI=1S/C20H12Cl2N2OS/c21-13-9-7-12(8-10-13)18-11-26-20(23-18)24-19(25)16-5-1-4-15-14(16)3-2-6-17(15)22/h1-11H,(H,23,24,25). The molecule has 0 aliphatic heterocycles. The number of hydrogen-bond donors (Lipinski definition) is 1. The molecule has 1 amide bonds. The van der Waals surface area contributed by atoms with Crippen LogP contribution in [0.2, 0.25) is 10.0 Å². The monoisotopic (exact) mass is 398 g/mol. The maximum Gasteiger partial charge on any atom is 0.258 e. The van der Waals surface area contributed by atoms with E-state index in [1.165, 1.54) is 11.3 Å². The van der Waals surface area contributed by atoms with Gasteiger partial charge in [-0.2, -0.15) is 0 Å². The van der Waals surface area contributed by atoms with Crippen molar-refractivity contribution in [2.75, 3.05) is 5.32 Å². The largest absolute Gasteiger partial charge is 0.298 e. The molecule has 0 aliphatic rings. The molecule has 4 rings (SSSR count). The van der Waals surface area contributed by atoms with E-state index in [2.05, 4.69) is 10.3 Å². The van der Waals surface area contributed by atoms with Gasteiger partial charge in [0.1, 0.15) is 0 Å². The molecule has 1 heterocycles. The first-order chi connectivity index (χ1) is 12.6. The molecular weight excluding hydrogens is 387 g/mol. The van der Waals surface area contributed by atoms with Crippen molar-refractivity contribution in [2.45, 2.75) is 0 Å². The van der Waals surface area contributed by atoms with Crippen molar-refractivity contribution in [1.82, 2.24) is 4.98 Å². The van der Waals surface area contributed by atoms with Gasteiger partial charge in [0, 0.05) is 31.9 Å². The number of hydrogen-bond acceptors (Lipinski definition) is 3. The molecule has 0 aliphatic carbocycles. The van der Waals surface area contributed by atoms with E-state index >= 15 is 0 Å². The molecule has 0 unspecified atom stereocenters. The molecule has 1 aromatic heterocycles. The molecule has 0 saturated heterocycles. The zero-order valence-corrected chi connectivity index (χ0v) is 15.7. The number of amides is 1. The molecule has 3 aromatic carbocycles. The number of anilines is 1. The number of aromatic nitrogens is 1. The van der Waals surface area contributed by atoms with Gasteiger partial charge >= 0.3 is 0 Å². The summed E-state index contributed by atoms with van der Waals surface area (Å²) >= 11 is 13.5. The fraction of sp³-hybridized carbons (Fsp3) is 0.